The second kappa shape index (κ2) is 5.61. The van der Waals surface area contributed by atoms with Gasteiger partial charge in [-0.2, -0.15) is 11.8 Å². The van der Waals surface area contributed by atoms with Crippen LogP contribution < -0.4 is 5.73 Å². The Hall–Kier alpha value is -0.560. The van der Waals surface area contributed by atoms with Gasteiger partial charge in [0.25, 0.3) is 6.43 Å². The molecule has 3 unspecified atom stereocenters. The number of nitrogen functional groups attached to an aromatic ring is 1. The van der Waals surface area contributed by atoms with Crippen LogP contribution in [0.25, 0.3) is 0 Å². The molecule has 2 heterocycles. The zero-order valence-corrected chi connectivity index (χ0v) is 11.8. The zero-order chi connectivity index (χ0) is 13.3. The molecule has 2 rings (SSSR count). The van der Waals surface area contributed by atoms with Crippen LogP contribution in [-0.2, 0) is 0 Å². The number of aromatic nitrogens is 2. The Kier molecular flexibility index (Phi) is 4.32. The fourth-order valence-corrected chi connectivity index (χ4v) is 4.52. The summed E-state index contributed by atoms with van der Waals surface area (Å²) < 4.78 is 25.5. The largest absolute Gasteiger partial charge is 0.396 e. The molecule has 0 aliphatic carbocycles. The maximum Gasteiger partial charge on any atom is 0.282 e. The monoisotopic (exact) mass is 291 g/mol. The summed E-state index contributed by atoms with van der Waals surface area (Å²) in [5.74, 6) is 1.32. The van der Waals surface area contributed by atoms with Gasteiger partial charge in [-0.05, 0) is 0 Å². The van der Waals surface area contributed by atoms with E-state index in [-0.39, 0.29) is 16.6 Å². The second-order valence-electron chi connectivity index (χ2n) is 4.24. The van der Waals surface area contributed by atoms with Crippen LogP contribution in [0.4, 0.5) is 14.5 Å². The predicted molar refractivity (Wildman–Crippen MR) is 73.1 cm³/mol. The Bertz CT molecular complexity index is 431. The smallest absolute Gasteiger partial charge is 0.282 e. The molecule has 1 aliphatic heterocycles. The maximum absolute atomic E-state index is 12.7. The highest BCUT2D eigenvalue weighted by Gasteiger charge is 2.29. The average Bonchev–Trinajstić information content (AvgIpc) is 2.33. The number of alkyl halides is 2. The number of anilines is 1. The third kappa shape index (κ3) is 2.88. The quantitative estimate of drug-likeness (QED) is 0.906. The van der Waals surface area contributed by atoms with E-state index in [9.17, 15) is 8.78 Å². The first-order chi connectivity index (χ1) is 8.49. The van der Waals surface area contributed by atoms with E-state index in [4.69, 9.17) is 5.73 Å². The van der Waals surface area contributed by atoms with Crippen molar-refractivity contribution in [1.29, 1.82) is 0 Å². The second-order valence-corrected chi connectivity index (χ2v) is 7.23. The topological polar surface area (TPSA) is 51.8 Å². The van der Waals surface area contributed by atoms with Crippen molar-refractivity contribution in [3.05, 3.63) is 17.7 Å². The van der Waals surface area contributed by atoms with Crippen LogP contribution in [-0.4, -0.2) is 26.2 Å². The maximum atomic E-state index is 12.7. The van der Waals surface area contributed by atoms with Gasteiger partial charge in [0.15, 0.2) is 0 Å². The minimum absolute atomic E-state index is 0.0383. The van der Waals surface area contributed by atoms with E-state index in [0.717, 1.165) is 5.75 Å². The first-order valence-corrected chi connectivity index (χ1v) is 7.65. The van der Waals surface area contributed by atoms with Crippen LogP contribution in [0.15, 0.2) is 6.20 Å². The number of halogens is 2. The summed E-state index contributed by atoms with van der Waals surface area (Å²) in [7, 11) is 0. The van der Waals surface area contributed by atoms with E-state index in [0.29, 0.717) is 16.3 Å². The lowest BCUT2D eigenvalue weighted by atomic mass is 10.3. The Balaban J connectivity index is 2.21. The number of nitrogens with zero attached hydrogens (tertiary/aromatic N) is 2. The highest BCUT2D eigenvalue weighted by atomic mass is 32.2. The lowest BCUT2D eigenvalue weighted by Gasteiger charge is -2.30. The molecule has 0 spiro atoms. The third-order valence-electron chi connectivity index (χ3n) is 2.91. The zero-order valence-electron chi connectivity index (χ0n) is 10.1. The van der Waals surface area contributed by atoms with E-state index < -0.39 is 6.43 Å². The minimum atomic E-state index is -2.65. The van der Waals surface area contributed by atoms with Crippen molar-refractivity contribution in [2.75, 3.05) is 11.5 Å². The molecule has 0 bridgehead atoms. The average molecular weight is 291 g/mol. The van der Waals surface area contributed by atoms with Crippen LogP contribution in [0.3, 0.4) is 0 Å². The van der Waals surface area contributed by atoms with Gasteiger partial charge >= 0.3 is 0 Å². The number of rotatable bonds is 2. The minimum Gasteiger partial charge on any atom is -0.396 e. The molecule has 0 saturated carbocycles. The Morgan fingerprint density at radius 3 is 2.72 bits per heavy atom. The van der Waals surface area contributed by atoms with Gasteiger partial charge in [-0.3, -0.25) is 0 Å². The molecular weight excluding hydrogens is 276 g/mol. The van der Waals surface area contributed by atoms with E-state index in [1.54, 1.807) is 11.8 Å². The van der Waals surface area contributed by atoms with Crippen molar-refractivity contribution in [2.45, 2.75) is 36.0 Å². The molecule has 0 amide bonds. The summed E-state index contributed by atoms with van der Waals surface area (Å²) in [5, 5.41) is 1.10. The van der Waals surface area contributed by atoms with E-state index >= 15 is 0 Å². The highest BCUT2D eigenvalue weighted by Crippen LogP contribution is 2.43. The van der Waals surface area contributed by atoms with Gasteiger partial charge in [0.2, 0.25) is 0 Å². The summed E-state index contributed by atoms with van der Waals surface area (Å²) >= 11 is 3.57. The van der Waals surface area contributed by atoms with E-state index in [1.165, 1.54) is 6.20 Å². The molecule has 2 N–H and O–H groups in total. The van der Waals surface area contributed by atoms with Crippen LogP contribution in [0, 0.1) is 0 Å². The van der Waals surface area contributed by atoms with Crippen molar-refractivity contribution >= 4 is 29.2 Å². The first-order valence-electron chi connectivity index (χ1n) is 5.66. The molecule has 1 aliphatic rings. The fraction of sp³-hybridized carbons (Fsp3) is 0.636. The van der Waals surface area contributed by atoms with E-state index in [1.807, 2.05) is 11.8 Å². The molecule has 7 heteroatoms. The number of thioether (sulfide) groups is 2. The molecule has 1 saturated heterocycles. The SMILES string of the molecule is CC1SCC(c2ncc(N)c(C(F)F)n2)SC1C. The van der Waals surface area contributed by atoms with Crippen molar-refractivity contribution in [3.8, 4) is 0 Å². The predicted octanol–water partition coefficient (Wildman–Crippen LogP) is 3.29. The third-order valence-corrected chi connectivity index (χ3v) is 6.30. The van der Waals surface area contributed by atoms with Crippen LogP contribution in [0.1, 0.15) is 37.0 Å². The van der Waals surface area contributed by atoms with Gasteiger partial charge < -0.3 is 5.73 Å². The summed E-state index contributed by atoms with van der Waals surface area (Å²) in [6.07, 6.45) is -1.36. The lowest BCUT2D eigenvalue weighted by molar-refractivity contribution is 0.146. The summed E-state index contributed by atoms with van der Waals surface area (Å²) in [4.78, 5) is 8.04. The summed E-state index contributed by atoms with van der Waals surface area (Å²) in [5.41, 5.74) is 5.06. The summed E-state index contributed by atoms with van der Waals surface area (Å²) in [6, 6.07) is 0. The van der Waals surface area contributed by atoms with Gasteiger partial charge in [-0.15, -0.1) is 11.8 Å². The summed E-state index contributed by atoms with van der Waals surface area (Å²) in [6.45, 7) is 4.31. The molecule has 1 aromatic rings. The van der Waals surface area contributed by atoms with Crippen LogP contribution in [0.5, 0.6) is 0 Å². The number of hydrogen-bond donors (Lipinski definition) is 1. The number of nitrogens with two attached hydrogens (primary N) is 1. The van der Waals surface area contributed by atoms with E-state index in [2.05, 4.69) is 23.8 Å². The van der Waals surface area contributed by atoms with Crippen LogP contribution >= 0.6 is 23.5 Å². The lowest BCUT2D eigenvalue weighted by Crippen LogP contribution is -2.23. The Morgan fingerprint density at radius 2 is 2.11 bits per heavy atom. The molecule has 100 valence electrons. The van der Waals surface area contributed by atoms with Crippen molar-refractivity contribution in [1.82, 2.24) is 9.97 Å². The Morgan fingerprint density at radius 1 is 1.39 bits per heavy atom. The van der Waals surface area contributed by atoms with Crippen molar-refractivity contribution < 1.29 is 8.78 Å². The molecule has 3 nitrogen and oxygen atoms in total. The van der Waals surface area contributed by atoms with Gasteiger partial charge in [-0.1, -0.05) is 13.8 Å². The molecule has 3 atom stereocenters. The number of hydrogen-bond acceptors (Lipinski definition) is 5. The fourth-order valence-electron chi connectivity index (χ4n) is 1.67. The normalized spacial score (nSPS) is 28.6. The van der Waals surface area contributed by atoms with Crippen LogP contribution in [0.2, 0.25) is 0 Å². The molecule has 0 aromatic carbocycles. The van der Waals surface area contributed by atoms with Gasteiger partial charge in [0.1, 0.15) is 11.5 Å². The van der Waals surface area contributed by atoms with Gasteiger partial charge in [0, 0.05) is 16.3 Å². The first kappa shape index (κ1) is 13.9. The molecular formula is C11H15F2N3S2. The molecule has 1 aromatic heterocycles. The van der Waals surface area contributed by atoms with Gasteiger partial charge in [0.05, 0.1) is 17.1 Å². The highest BCUT2D eigenvalue weighted by molar-refractivity contribution is 8.07. The van der Waals surface area contributed by atoms with Crippen molar-refractivity contribution in [3.63, 3.8) is 0 Å². The van der Waals surface area contributed by atoms with Crippen molar-refractivity contribution in [2.24, 2.45) is 0 Å². The molecule has 18 heavy (non-hydrogen) atoms. The molecule has 1 fully saturated rings. The standard InChI is InChI=1S/C11H15F2N3S2/c1-5-6(2)18-8(4-17-5)11-15-3-7(14)9(16-11)10(12)13/h3,5-6,8,10H,4,14H2,1-2H3. The Labute approximate surface area is 113 Å². The molecule has 0 radical (unpaired) electrons. The van der Waals surface area contributed by atoms with Gasteiger partial charge in [-0.25, -0.2) is 18.7 Å².